The van der Waals surface area contributed by atoms with Gasteiger partial charge in [0.2, 0.25) is 11.8 Å². The van der Waals surface area contributed by atoms with Crippen molar-refractivity contribution in [2.75, 3.05) is 26.2 Å². The van der Waals surface area contributed by atoms with Crippen LogP contribution >= 0.6 is 12.4 Å². The standard InChI is InChI=1S/C19H27N3O2.ClH/c1-19(13-20)10-12-21(14-19)18(24)17(15-7-3-2-4-8-15)22-11-6-5-9-16(22)23;/h2-4,7-8,17H,5-6,9-14,20H2,1H3;1H. The zero-order valence-electron chi connectivity index (χ0n) is 14.8. The van der Waals surface area contributed by atoms with Crippen molar-refractivity contribution in [3.8, 4) is 0 Å². The molecule has 0 saturated carbocycles. The number of nitrogens with two attached hydrogens (primary N) is 1. The number of hydrogen-bond acceptors (Lipinski definition) is 3. The van der Waals surface area contributed by atoms with E-state index < -0.39 is 6.04 Å². The Bertz CT molecular complexity index is 610. The first kappa shape index (κ1) is 19.7. The van der Waals surface area contributed by atoms with E-state index in [9.17, 15) is 9.59 Å². The molecule has 2 aliphatic rings. The molecule has 2 atom stereocenters. The van der Waals surface area contributed by atoms with Crippen LogP contribution in [0.3, 0.4) is 0 Å². The van der Waals surface area contributed by atoms with Crippen LogP contribution in [0.1, 0.15) is 44.2 Å². The molecule has 2 saturated heterocycles. The highest BCUT2D eigenvalue weighted by Gasteiger charge is 2.40. The number of halogens is 1. The topological polar surface area (TPSA) is 66.6 Å². The Hall–Kier alpha value is -1.59. The fourth-order valence-electron chi connectivity index (χ4n) is 3.74. The second-order valence-electron chi connectivity index (χ2n) is 7.38. The third-order valence-corrected chi connectivity index (χ3v) is 5.38. The average molecular weight is 366 g/mol. The first-order chi connectivity index (χ1) is 11.5. The molecular weight excluding hydrogens is 338 g/mol. The molecule has 1 aromatic carbocycles. The summed E-state index contributed by atoms with van der Waals surface area (Å²) in [5, 5.41) is 0. The molecule has 0 radical (unpaired) electrons. The largest absolute Gasteiger partial charge is 0.340 e. The third kappa shape index (κ3) is 4.15. The summed E-state index contributed by atoms with van der Waals surface area (Å²) in [6, 6.07) is 9.19. The highest BCUT2D eigenvalue weighted by Crippen LogP contribution is 2.33. The molecule has 2 aliphatic heterocycles. The van der Waals surface area contributed by atoms with Crippen LogP contribution in [0.2, 0.25) is 0 Å². The molecule has 0 aliphatic carbocycles. The second-order valence-corrected chi connectivity index (χ2v) is 7.38. The summed E-state index contributed by atoms with van der Waals surface area (Å²) in [6.07, 6.45) is 3.34. The highest BCUT2D eigenvalue weighted by molar-refractivity contribution is 5.89. The Morgan fingerprint density at radius 2 is 1.96 bits per heavy atom. The van der Waals surface area contributed by atoms with Gasteiger partial charge in [0.25, 0.3) is 0 Å². The molecule has 0 aromatic heterocycles. The molecule has 3 rings (SSSR count). The number of piperidine rings is 1. The van der Waals surface area contributed by atoms with Crippen molar-refractivity contribution in [3.05, 3.63) is 35.9 Å². The molecule has 2 amide bonds. The van der Waals surface area contributed by atoms with Gasteiger partial charge in [-0.3, -0.25) is 9.59 Å². The van der Waals surface area contributed by atoms with Crippen LogP contribution in [0, 0.1) is 5.41 Å². The summed E-state index contributed by atoms with van der Waals surface area (Å²) in [5.74, 6) is 0.123. The van der Waals surface area contributed by atoms with Crippen molar-refractivity contribution >= 4 is 24.2 Å². The molecule has 0 bridgehead atoms. The van der Waals surface area contributed by atoms with Crippen LogP contribution in [-0.4, -0.2) is 47.8 Å². The van der Waals surface area contributed by atoms with E-state index in [2.05, 4.69) is 6.92 Å². The molecular formula is C19H28ClN3O2. The Kier molecular flexibility index (Phi) is 6.47. The van der Waals surface area contributed by atoms with Crippen molar-refractivity contribution in [2.24, 2.45) is 11.1 Å². The van der Waals surface area contributed by atoms with Crippen molar-refractivity contribution in [1.29, 1.82) is 0 Å². The van der Waals surface area contributed by atoms with E-state index in [4.69, 9.17) is 5.73 Å². The highest BCUT2D eigenvalue weighted by atomic mass is 35.5. The molecule has 2 fully saturated rings. The van der Waals surface area contributed by atoms with Gasteiger partial charge in [-0.25, -0.2) is 0 Å². The Morgan fingerprint density at radius 3 is 2.56 bits per heavy atom. The van der Waals surface area contributed by atoms with Crippen molar-refractivity contribution < 1.29 is 9.59 Å². The summed E-state index contributed by atoms with van der Waals surface area (Å²) in [4.78, 5) is 29.4. The van der Waals surface area contributed by atoms with Gasteiger partial charge in [0.05, 0.1) is 0 Å². The number of benzene rings is 1. The van der Waals surface area contributed by atoms with E-state index in [1.807, 2.05) is 35.2 Å². The lowest BCUT2D eigenvalue weighted by Gasteiger charge is -2.36. The maximum absolute atomic E-state index is 13.3. The monoisotopic (exact) mass is 365 g/mol. The van der Waals surface area contributed by atoms with Crippen molar-refractivity contribution in [1.82, 2.24) is 9.80 Å². The van der Waals surface area contributed by atoms with E-state index in [1.54, 1.807) is 4.90 Å². The van der Waals surface area contributed by atoms with E-state index in [0.717, 1.165) is 31.4 Å². The molecule has 25 heavy (non-hydrogen) atoms. The van der Waals surface area contributed by atoms with Gasteiger partial charge in [-0.05, 0) is 36.8 Å². The van der Waals surface area contributed by atoms with E-state index in [1.165, 1.54) is 0 Å². The first-order valence-corrected chi connectivity index (χ1v) is 8.87. The first-order valence-electron chi connectivity index (χ1n) is 8.87. The van der Waals surface area contributed by atoms with Crippen LogP contribution < -0.4 is 5.73 Å². The van der Waals surface area contributed by atoms with Crippen LogP contribution in [-0.2, 0) is 9.59 Å². The Labute approximate surface area is 155 Å². The zero-order chi connectivity index (χ0) is 17.2. The predicted molar refractivity (Wildman–Crippen MR) is 100 cm³/mol. The molecule has 2 N–H and O–H groups in total. The normalized spacial score (nSPS) is 24.8. The summed E-state index contributed by atoms with van der Waals surface area (Å²) in [7, 11) is 0. The lowest BCUT2D eigenvalue weighted by Crippen LogP contribution is -2.47. The van der Waals surface area contributed by atoms with Gasteiger partial charge in [0.15, 0.2) is 0 Å². The van der Waals surface area contributed by atoms with Crippen molar-refractivity contribution in [2.45, 2.75) is 38.6 Å². The third-order valence-electron chi connectivity index (χ3n) is 5.38. The smallest absolute Gasteiger partial charge is 0.250 e. The lowest BCUT2D eigenvalue weighted by atomic mass is 9.90. The number of amides is 2. The summed E-state index contributed by atoms with van der Waals surface area (Å²) in [5.41, 5.74) is 6.77. The minimum Gasteiger partial charge on any atom is -0.340 e. The molecule has 5 nitrogen and oxygen atoms in total. The SMILES string of the molecule is CC1(CN)CCN(C(=O)C(c2ccccc2)N2CCCCC2=O)C1.Cl. The molecule has 138 valence electrons. The van der Waals surface area contributed by atoms with Crippen LogP contribution in [0.15, 0.2) is 30.3 Å². The maximum Gasteiger partial charge on any atom is 0.250 e. The molecule has 1 aromatic rings. The van der Waals surface area contributed by atoms with Gasteiger partial charge in [0, 0.05) is 26.1 Å². The van der Waals surface area contributed by atoms with Gasteiger partial charge < -0.3 is 15.5 Å². The van der Waals surface area contributed by atoms with E-state index >= 15 is 0 Å². The van der Waals surface area contributed by atoms with E-state index in [0.29, 0.717) is 26.1 Å². The van der Waals surface area contributed by atoms with Gasteiger partial charge in [-0.1, -0.05) is 37.3 Å². The molecule has 0 spiro atoms. The predicted octanol–water partition coefficient (Wildman–Crippen LogP) is 2.36. The van der Waals surface area contributed by atoms with Crippen LogP contribution in [0.25, 0.3) is 0 Å². The summed E-state index contributed by atoms with van der Waals surface area (Å²) >= 11 is 0. The molecule has 6 heteroatoms. The van der Waals surface area contributed by atoms with Gasteiger partial charge in [-0.15, -0.1) is 12.4 Å². The fourth-order valence-corrected chi connectivity index (χ4v) is 3.74. The van der Waals surface area contributed by atoms with Crippen LogP contribution in [0.4, 0.5) is 0 Å². The molecule has 2 heterocycles. The number of carbonyl (C=O) groups excluding carboxylic acids is 2. The number of carbonyl (C=O) groups is 2. The maximum atomic E-state index is 13.3. The van der Waals surface area contributed by atoms with Crippen molar-refractivity contribution in [3.63, 3.8) is 0 Å². The number of nitrogens with zero attached hydrogens (tertiary/aromatic N) is 2. The van der Waals surface area contributed by atoms with Crippen LogP contribution in [0.5, 0.6) is 0 Å². The minimum atomic E-state index is -0.501. The fraction of sp³-hybridized carbons (Fsp3) is 0.579. The Morgan fingerprint density at radius 1 is 1.24 bits per heavy atom. The number of hydrogen-bond donors (Lipinski definition) is 1. The van der Waals surface area contributed by atoms with Gasteiger partial charge in [0.1, 0.15) is 6.04 Å². The summed E-state index contributed by atoms with van der Waals surface area (Å²) in [6.45, 7) is 4.76. The lowest BCUT2D eigenvalue weighted by molar-refractivity contribution is -0.147. The van der Waals surface area contributed by atoms with Gasteiger partial charge in [-0.2, -0.15) is 0 Å². The number of likely N-dealkylation sites (tertiary alicyclic amines) is 2. The summed E-state index contributed by atoms with van der Waals surface area (Å²) < 4.78 is 0. The Balaban J connectivity index is 0.00000225. The quantitative estimate of drug-likeness (QED) is 0.890. The van der Waals surface area contributed by atoms with E-state index in [-0.39, 0.29) is 29.6 Å². The minimum absolute atomic E-state index is 0. The van der Waals surface area contributed by atoms with Gasteiger partial charge >= 0.3 is 0 Å². The zero-order valence-corrected chi connectivity index (χ0v) is 15.6. The molecule has 2 unspecified atom stereocenters. The number of rotatable bonds is 4. The average Bonchev–Trinajstić information content (AvgIpc) is 3.01. The second kappa shape index (κ2) is 8.19.